The highest BCUT2D eigenvalue weighted by atomic mass is 32.2. The van der Waals surface area contributed by atoms with Crippen LogP contribution < -0.4 is 5.32 Å². The lowest BCUT2D eigenvalue weighted by molar-refractivity contribution is 0.0964. The van der Waals surface area contributed by atoms with Crippen LogP contribution in [0.2, 0.25) is 0 Å². The maximum Gasteiger partial charge on any atom is 0.256 e. The van der Waals surface area contributed by atoms with Crippen molar-refractivity contribution in [1.29, 1.82) is 0 Å². The first kappa shape index (κ1) is 14.9. The van der Waals surface area contributed by atoms with Crippen molar-refractivity contribution in [2.75, 3.05) is 26.4 Å². The van der Waals surface area contributed by atoms with Crippen LogP contribution in [0.1, 0.15) is 28.4 Å². The molecule has 1 N–H and O–H groups in total. The summed E-state index contributed by atoms with van der Waals surface area (Å²) >= 11 is 0. The molecular formula is C13H17N5O3S. The van der Waals surface area contributed by atoms with Gasteiger partial charge in [0.25, 0.3) is 5.91 Å². The molecule has 0 bridgehead atoms. The minimum absolute atomic E-state index is 0.0395. The van der Waals surface area contributed by atoms with E-state index in [4.69, 9.17) is 0 Å². The molecule has 8 nitrogen and oxygen atoms in total. The maximum absolute atomic E-state index is 11.8. The predicted molar refractivity (Wildman–Crippen MR) is 80.2 cm³/mol. The summed E-state index contributed by atoms with van der Waals surface area (Å²) in [5, 5.41) is 6.80. The highest BCUT2D eigenvalue weighted by Crippen LogP contribution is 2.28. The van der Waals surface area contributed by atoms with Gasteiger partial charge in [0, 0.05) is 32.3 Å². The summed E-state index contributed by atoms with van der Waals surface area (Å²) in [5.41, 5.74) is 1.75. The number of rotatable bonds is 3. The van der Waals surface area contributed by atoms with E-state index in [2.05, 4.69) is 15.4 Å². The van der Waals surface area contributed by atoms with Crippen molar-refractivity contribution in [3.8, 4) is 0 Å². The Kier molecular flexibility index (Phi) is 3.61. The van der Waals surface area contributed by atoms with Crippen LogP contribution >= 0.6 is 0 Å². The molecule has 3 rings (SSSR count). The van der Waals surface area contributed by atoms with E-state index < -0.39 is 10.0 Å². The first-order chi connectivity index (χ1) is 10.4. The Balaban J connectivity index is 1.99. The van der Waals surface area contributed by atoms with Crippen LogP contribution in [0.25, 0.3) is 5.65 Å². The zero-order chi connectivity index (χ0) is 15.9. The normalized spacial score (nSPS) is 19.6. The Labute approximate surface area is 128 Å². The zero-order valence-corrected chi connectivity index (χ0v) is 13.2. The summed E-state index contributed by atoms with van der Waals surface area (Å²) in [6.07, 6.45) is 5.05. The van der Waals surface area contributed by atoms with E-state index in [0.29, 0.717) is 24.3 Å². The van der Waals surface area contributed by atoms with E-state index >= 15 is 0 Å². The molecule has 0 aliphatic carbocycles. The fraction of sp³-hybridized carbons (Fsp3) is 0.462. The molecule has 0 spiro atoms. The van der Waals surface area contributed by atoms with Crippen LogP contribution in [0, 0.1) is 0 Å². The van der Waals surface area contributed by atoms with Crippen LogP contribution in [-0.2, 0) is 10.0 Å². The summed E-state index contributed by atoms with van der Waals surface area (Å²) in [4.78, 5) is 16.0. The van der Waals surface area contributed by atoms with Gasteiger partial charge in [-0.3, -0.25) is 4.79 Å². The SMILES string of the molecule is CNC(=O)c1cnn2c([C@@H]3CCN(S(C)(=O)=O)C3)ccnc12. The minimum atomic E-state index is -3.18. The monoisotopic (exact) mass is 323 g/mol. The van der Waals surface area contributed by atoms with Crippen molar-refractivity contribution in [2.45, 2.75) is 12.3 Å². The van der Waals surface area contributed by atoms with Crippen LogP contribution in [0.3, 0.4) is 0 Å². The van der Waals surface area contributed by atoms with Gasteiger partial charge in [-0.1, -0.05) is 0 Å². The Morgan fingerprint density at radius 2 is 2.23 bits per heavy atom. The average molecular weight is 323 g/mol. The fourth-order valence-corrected chi connectivity index (χ4v) is 3.67. The number of amides is 1. The second-order valence-corrected chi connectivity index (χ2v) is 7.33. The highest BCUT2D eigenvalue weighted by molar-refractivity contribution is 7.88. The molecule has 118 valence electrons. The van der Waals surface area contributed by atoms with Crippen LogP contribution in [-0.4, -0.2) is 59.6 Å². The third kappa shape index (κ3) is 2.46. The zero-order valence-electron chi connectivity index (χ0n) is 12.4. The number of fused-ring (bicyclic) bond motifs is 1. The molecule has 0 aromatic carbocycles. The third-order valence-electron chi connectivity index (χ3n) is 3.94. The molecule has 1 atom stereocenters. The Bertz CT molecular complexity index is 829. The van der Waals surface area contributed by atoms with E-state index in [1.54, 1.807) is 17.8 Å². The van der Waals surface area contributed by atoms with Crippen molar-refractivity contribution >= 4 is 21.6 Å². The Morgan fingerprint density at radius 3 is 2.86 bits per heavy atom. The lowest BCUT2D eigenvalue weighted by atomic mass is 10.0. The molecule has 2 aromatic heterocycles. The number of carbonyl (C=O) groups excluding carboxylic acids is 1. The quantitative estimate of drug-likeness (QED) is 0.846. The van der Waals surface area contributed by atoms with Crippen molar-refractivity contribution < 1.29 is 13.2 Å². The molecule has 2 aromatic rings. The molecule has 1 saturated heterocycles. The first-order valence-corrected chi connectivity index (χ1v) is 8.76. The van der Waals surface area contributed by atoms with Crippen LogP contribution in [0.15, 0.2) is 18.5 Å². The molecule has 0 radical (unpaired) electrons. The van der Waals surface area contributed by atoms with Crippen LogP contribution in [0.4, 0.5) is 0 Å². The molecule has 22 heavy (non-hydrogen) atoms. The molecular weight excluding hydrogens is 306 g/mol. The summed E-state index contributed by atoms with van der Waals surface area (Å²) in [6.45, 7) is 0.921. The maximum atomic E-state index is 11.8. The molecule has 0 saturated carbocycles. The molecule has 1 aliphatic heterocycles. The predicted octanol–water partition coefficient (Wildman–Crippen LogP) is -0.162. The first-order valence-electron chi connectivity index (χ1n) is 6.91. The highest BCUT2D eigenvalue weighted by Gasteiger charge is 2.31. The van der Waals surface area contributed by atoms with Gasteiger partial charge < -0.3 is 5.32 Å². The largest absolute Gasteiger partial charge is 0.355 e. The molecule has 1 amide bonds. The summed E-state index contributed by atoms with van der Waals surface area (Å²) in [6, 6.07) is 1.82. The van der Waals surface area contributed by atoms with Gasteiger partial charge in [0.2, 0.25) is 10.0 Å². The van der Waals surface area contributed by atoms with Gasteiger partial charge in [-0.05, 0) is 12.5 Å². The van der Waals surface area contributed by atoms with Crippen molar-refractivity contribution in [1.82, 2.24) is 24.2 Å². The van der Waals surface area contributed by atoms with E-state index in [-0.39, 0.29) is 11.8 Å². The van der Waals surface area contributed by atoms with E-state index in [9.17, 15) is 13.2 Å². The Hall–Kier alpha value is -2.00. The average Bonchev–Trinajstić information content (AvgIpc) is 3.12. The van der Waals surface area contributed by atoms with Crippen LogP contribution in [0.5, 0.6) is 0 Å². The number of sulfonamides is 1. The van der Waals surface area contributed by atoms with Crippen molar-refractivity contribution in [3.05, 3.63) is 29.7 Å². The van der Waals surface area contributed by atoms with Crippen molar-refractivity contribution in [3.63, 3.8) is 0 Å². The third-order valence-corrected chi connectivity index (χ3v) is 5.21. The van der Waals surface area contributed by atoms with Gasteiger partial charge in [0.15, 0.2) is 5.65 Å². The Morgan fingerprint density at radius 1 is 1.45 bits per heavy atom. The second-order valence-electron chi connectivity index (χ2n) is 5.35. The van der Waals surface area contributed by atoms with E-state index in [0.717, 1.165) is 12.1 Å². The number of hydrogen-bond donors (Lipinski definition) is 1. The number of nitrogens with one attached hydrogen (secondary N) is 1. The number of hydrogen-bond acceptors (Lipinski definition) is 5. The molecule has 1 aliphatic rings. The standard InChI is InChI=1S/C13H17N5O3S/c1-14-13(19)10-7-16-18-11(3-5-15-12(10)18)9-4-6-17(8-9)22(2,20)21/h3,5,7,9H,4,6,8H2,1-2H3,(H,14,19)/t9-/m1/s1. The van der Waals surface area contributed by atoms with Gasteiger partial charge in [-0.15, -0.1) is 0 Å². The van der Waals surface area contributed by atoms with Gasteiger partial charge in [0.1, 0.15) is 5.56 Å². The van der Waals surface area contributed by atoms with Crippen molar-refractivity contribution in [2.24, 2.45) is 0 Å². The summed E-state index contributed by atoms with van der Waals surface area (Å²) < 4.78 is 26.4. The van der Waals surface area contributed by atoms with E-state index in [1.165, 1.54) is 16.8 Å². The van der Waals surface area contributed by atoms with E-state index in [1.807, 2.05) is 6.07 Å². The fourth-order valence-electron chi connectivity index (χ4n) is 2.78. The minimum Gasteiger partial charge on any atom is -0.355 e. The lowest BCUT2D eigenvalue weighted by Crippen LogP contribution is -2.27. The molecule has 0 unspecified atom stereocenters. The lowest BCUT2D eigenvalue weighted by Gasteiger charge is -2.14. The molecule has 3 heterocycles. The van der Waals surface area contributed by atoms with Gasteiger partial charge in [-0.25, -0.2) is 22.2 Å². The summed E-state index contributed by atoms with van der Waals surface area (Å²) in [5.74, 6) is -0.207. The summed E-state index contributed by atoms with van der Waals surface area (Å²) in [7, 11) is -1.63. The molecule has 1 fully saturated rings. The number of aromatic nitrogens is 3. The second kappa shape index (κ2) is 5.33. The molecule has 9 heteroatoms. The number of carbonyl (C=O) groups is 1. The van der Waals surface area contributed by atoms with Gasteiger partial charge in [-0.2, -0.15) is 5.10 Å². The topological polar surface area (TPSA) is 96.7 Å². The van der Waals surface area contributed by atoms with Gasteiger partial charge >= 0.3 is 0 Å². The smallest absolute Gasteiger partial charge is 0.256 e. The van der Waals surface area contributed by atoms with Gasteiger partial charge in [0.05, 0.1) is 18.1 Å². The number of nitrogens with zero attached hydrogens (tertiary/aromatic N) is 4.